The van der Waals surface area contributed by atoms with Gasteiger partial charge in [0.15, 0.2) is 6.17 Å². The van der Waals surface area contributed by atoms with Crippen molar-refractivity contribution >= 4 is 29.5 Å². The molecule has 2 atom stereocenters. The van der Waals surface area contributed by atoms with Gasteiger partial charge < -0.3 is 14.8 Å². The zero-order valence-electron chi connectivity index (χ0n) is 17.4. The van der Waals surface area contributed by atoms with Crippen LogP contribution in [0.2, 0.25) is 0 Å². The molecule has 1 aliphatic heterocycles. The van der Waals surface area contributed by atoms with E-state index in [1.807, 2.05) is 36.4 Å². The van der Waals surface area contributed by atoms with Crippen LogP contribution in [0.1, 0.15) is 16.7 Å². The van der Waals surface area contributed by atoms with Crippen molar-refractivity contribution in [1.29, 1.82) is 0 Å². The molecule has 0 saturated carbocycles. The Bertz CT molecular complexity index is 1200. The van der Waals surface area contributed by atoms with Crippen LogP contribution in [-0.4, -0.2) is 35.2 Å². The number of aliphatic imine (C=N–C) groups is 1. The fraction of sp³-hybridized carbons (Fsp3) is 0.125. The first-order chi connectivity index (χ1) is 16.0. The molecule has 33 heavy (non-hydrogen) atoms. The number of rotatable bonds is 6. The summed E-state index contributed by atoms with van der Waals surface area (Å²) < 4.78 is 5.28. The normalized spacial score (nSPS) is 16.9. The highest BCUT2D eigenvalue weighted by atomic mass is 16.6. The molecule has 9 heteroatoms. The molecule has 0 aliphatic carbocycles. The molecule has 0 saturated heterocycles. The van der Waals surface area contributed by atoms with Crippen molar-refractivity contribution in [2.24, 2.45) is 4.99 Å². The summed E-state index contributed by atoms with van der Waals surface area (Å²) in [4.78, 5) is 39.8. The number of benzodiazepines with no additional fused rings is 1. The number of alkyl carbamates (subject to hydrolysis) is 1. The number of nitro benzene ring substituents is 1. The third kappa shape index (κ3) is 5.04. The molecule has 0 spiro atoms. The Balaban J connectivity index is 1.67. The molecule has 2 N–H and O–H groups in total. The molecule has 0 radical (unpaired) electrons. The van der Waals surface area contributed by atoms with E-state index in [-0.39, 0.29) is 12.3 Å². The zero-order valence-corrected chi connectivity index (χ0v) is 17.4. The number of nitrogens with zero attached hydrogens (tertiary/aromatic N) is 2. The van der Waals surface area contributed by atoms with E-state index in [0.717, 1.165) is 5.56 Å². The molecule has 1 heterocycles. The van der Waals surface area contributed by atoms with Crippen molar-refractivity contribution in [2.45, 2.75) is 18.8 Å². The van der Waals surface area contributed by atoms with Gasteiger partial charge >= 0.3 is 6.09 Å². The molecule has 9 nitrogen and oxygen atoms in total. The van der Waals surface area contributed by atoms with E-state index in [9.17, 15) is 19.7 Å². The number of ether oxygens (including phenoxy) is 1. The van der Waals surface area contributed by atoms with Crippen molar-refractivity contribution in [3.63, 3.8) is 0 Å². The lowest BCUT2D eigenvalue weighted by molar-refractivity contribution is -0.384. The van der Waals surface area contributed by atoms with E-state index < -0.39 is 23.2 Å². The zero-order chi connectivity index (χ0) is 23.2. The number of hydrogen-bond donors (Lipinski definition) is 2. The van der Waals surface area contributed by atoms with E-state index in [1.54, 1.807) is 24.3 Å². The molecule has 3 aromatic carbocycles. The van der Waals surface area contributed by atoms with Crippen LogP contribution in [-0.2, 0) is 16.1 Å². The summed E-state index contributed by atoms with van der Waals surface area (Å²) >= 11 is 0. The SMILES string of the molecule is O=CC1Nc2ccc([N+](=O)[O-])cc2C(c2ccccc2)=NC1NC(=O)OCc1ccccc1. The maximum Gasteiger partial charge on any atom is 0.409 e. The maximum absolute atomic E-state index is 12.5. The Morgan fingerprint density at radius 3 is 2.45 bits per heavy atom. The Hall–Kier alpha value is -4.53. The third-order valence-electron chi connectivity index (χ3n) is 5.07. The fourth-order valence-corrected chi connectivity index (χ4v) is 3.46. The lowest BCUT2D eigenvalue weighted by atomic mass is 10.00. The summed E-state index contributed by atoms with van der Waals surface area (Å²) in [5.41, 5.74) is 2.71. The lowest BCUT2D eigenvalue weighted by Crippen LogP contribution is -2.46. The van der Waals surface area contributed by atoms with Gasteiger partial charge in [-0.25, -0.2) is 4.79 Å². The number of aldehydes is 1. The average Bonchev–Trinajstić information content (AvgIpc) is 3.00. The number of nitrogens with one attached hydrogen (secondary N) is 2. The number of anilines is 1. The number of nitro groups is 1. The van der Waals surface area contributed by atoms with Gasteiger partial charge in [-0.1, -0.05) is 60.7 Å². The fourth-order valence-electron chi connectivity index (χ4n) is 3.46. The van der Waals surface area contributed by atoms with E-state index in [4.69, 9.17) is 4.74 Å². The van der Waals surface area contributed by atoms with Crippen LogP contribution in [0.25, 0.3) is 0 Å². The highest BCUT2D eigenvalue weighted by Crippen LogP contribution is 2.29. The summed E-state index contributed by atoms with van der Waals surface area (Å²) in [5, 5.41) is 17.0. The molecular formula is C24H20N4O5. The monoisotopic (exact) mass is 444 g/mol. The smallest absolute Gasteiger partial charge is 0.409 e. The van der Waals surface area contributed by atoms with Gasteiger partial charge in [-0.15, -0.1) is 0 Å². The van der Waals surface area contributed by atoms with Crippen LogP contribution >= 0.6 is 0 Å². The van der Waals surface area contributed by atoms with Gasteiger partial charge in [0, 0.05) is 28.9 Å². The highest BCUT2D eigenvalue weighted by Gasteiger charge is 2.30. The Morgan fingerprint density at radius 2 is 1.79 bits per heavy atom. The van der Waals surface area contributed by atoms with Crippen molar-refractivity contribution in [3.05, 3.63) is 106 Å². The average molecular weight is 444 g/mol. The summed E-state index contributed by atoms with van der Waals surface area (Å²) in [7, 11) is 0. The van der Waals surface area contributed by atoms with Crippen molar-refractivity contribution in [3.8, 4) is 0 Å². The number of non-ortho nitro benzene ring substituents is 1. The van der Waals surface area contributed by atoms with E-state index in [1.165, 1.54) is 18.2 Å². The second-order valence-electron chi connectivity index (χ2n) is 7.29. The lowest BCUT2D eigenvalue weighted by Gasteiger charge is -2.20. The van der Waals surface area contributed by atoms with Gasteiger partial charge in [0.25, 0.3) is 5.69 Å². The van der Waals surface area contributed by atoms with Gasteiger partial charge in [-0.3, -0.25) is 20.4 Å². The van der Waals surface area contributed by atoms with Crippen LogP contribution in [0.3, 0.4) is 0 Å². The van der Waals surface area contributed by atoms with Crippen LogP contribution in [0.15, 0.2) is 83.9 Å². The van der Waals surface area contributed by atoms with Crippen LogP contribution < -0.4 is 10.6 Å². The molecule has 1 amide bonds. The van der Waals surface area contributed by atoms with E-state index in [0.29, 0.717) is 28.8 Å². The summed E-state index contributed by atoms with van der Waals surface area (Å²) in [6, 6.07) is 21.6. The van der Waals surface area contributed by atoms with Crippen molar-refractivity contribution in [2.75, 3.05) is 5.32 Å². The quantitative estimate of drug-likeness (QED) is 0.340. The Morgan fingerprint density at radius 1 is 1.09 bits per heavy atom. The number of carbonyl (C=O) groups excluding carboxylic acids is 2. The van der Waals surface area contributed by atoms with Gasteiger partial charge in [0.05, 0.1) is 10.6 Å². The molecule has 4 rings (SSSR count). The van der Waals surface area contributed by atoms with Crippen molar-refractivity contribution in [1.82, 2.24) is 5.32 Å². The van der Waals surface area contributed by atoms with Crippen LogP contribution in [0, 0.1) is 10.1 Å². The minimum absolute atomic E-state index is 0.0558. The predicted octanol–water partition coefficient (Wildman–Crippen LogP) is 3.68. The summed E-state index contributed by atoms with van der Waals surface area (Å²) in [5.74, 6) is 0. The van der Waals surface area contributed by atoms with Gasteiger partial charge in [-0.05, 0) is 11.6 Å². The molecule has 166 valence electrons. The van der Waals surface area contributed by atoms with Crippen LogP contribution in [0.4, 0.5) is 16.2 Å². The highest BCUT2D eigenvalue weighted by molar-refractivity contribution is 6.17. The van der Waals surface area contributed by atoms with Crippen LogP contribution in [0.5, 0.6) is 0 Å². The number of fused-ring (bicyclic) bond motifs is 1. The number of amides is 1. The first kappa shape index (κ1) is 21.7. The molecule has 2 unspecified atom stereocenters. The number of carbonyl (C=O) groups is 2. The largest absolute Gasteiger partial charge is 0.445 e. The standard InChI is InChI=1S/C24H20N4O5/c29-14-21-23(27-24(30)33-15-16-7-3-1-4-8-16)26-22(17-9-5-2-6-10-17)19-13-18(28(31)32)11-12-20(19)25-21/h1-14,21,23,25H,15H2,(H,27,30). The predicted molar refractivity (Wildman–Crippen MR) is 122 cm³/mol. The molecule has 3 aromatic rings. The second-order valence-corrected chi connectivity index (χ2v) is 7.29. The molecular weight excluding hydrogens is 424 g/mol. The number of hydrogen-bond acceptors (Lipinski definition) is 7. The Kier molecular flexibility index (Phi) is 6.40. The van der Waals surface area contributed by atoms with Gasteiger partial charge in [0.2, 0.25) is 0 Å². The van der Waals surface area contributed by atoms with Gasteiger partial charge in [0.1, 0.15) is 18.9 Å². The molecule has 0 aromatic heterocycles. The maximum atomic E-state index is 12.5. The molecule has 0 bridgehead atoms. The minimum Gasteiger partial charge on any atom is -0.445 e. The molecule has 0 fully saturated rings. The van der Waals surface area contributed by atoms with Crippen molar-refractivity contribution < 1.29 is 19.2 Å². The van der Waals surface area contributed by atoms with E-state index >= 15 is 0 Å². The first-order valence-electron chi connectivity index (χ1n) is 10.2. The van der Waals surface area contributed by atoms with E-state index in [2.05, 4.69) is 15.6 Å². The summed E-state index contributed by atoms with van der Waals surface area (Å²) in [6.07, 6.45) is -1.12. The molecule has 1 aliphatic rings. The third-order valence-corrected chi connectivity index (χ3v) is 5.07. The minimum atomic E-state index is -1.01. The Labute approximate surface area is 189 Å². The topological polar surface area (TPSA) is 123 Å². The van der Waals surface area contributed by atoms with Gasteiger partial charge in [-0.2, -0.15) is 0 Å². The summed E-state index contributed by atoms with van der Waals surface area (Å²) in [6.45, 7) is 0.0558. The first-order valence-corrected chi connectivity index (χ1v) is 10.2. The number of benzene rings is 3. The second kappa shape index (κ2) is 9.73.